The maximum atomic E-state index is 11.3. The van der Waals surface area contributed by atoms with E-state index in [2.05, 4.69) is 14.7 Å². The summed E-state index contributed by atoms with van der Waals surface area (Å²) >= 11 is 6.34. The smallest absolute Gasteiger partial charge is 0.225 e. The molecule has 0 aliphatic heterocycles. The number of halogens is 1. The van der Waals surface area contributed by atoms with Crippen LogP contribution in [0.25, 0.3) is 0 Å². The third-order valence-corrected chi connectivity index (χ3v) is 2.89. The van der Waals surface area contributed by atoms with E-state index in [1.165, 1.54) is 0 Å². The van der Waals surface area contributed by atoms with Crippen LogP contribution in [0.15, 0.2) is 23.1 Å². The average Bonchev–Trinajstić information content (AvgIpc) is 2.28. The maximum absolute atomic E-state index is 11.3. The van der Waals surface area contributed by atoms with Gasteiger partial charge in [0, 0.05) is 22.9 Å². The van der Waals surface area contributed by atoms with Crippen molar-refractivity contribution in [2.75, 3.05) is 11.2 Å². The standard InChI is InChI=1S/C10H12ClNO4S/c1-7-6-8(12-10(13)4-5-11)2-3-9(7)17-16-15-14/h2-3,6,14H,4-5H2,1H3,(H,12,13). The second-order valence-electron chi connectivity index (χ2n) is 3.19. The van der Waals surface area contributed by atoms with Gasteiger partial charge in [0.2, 0.25) is 5.91 Å². The molecule has 94 valence electrons. The van der Waals surface area contributed by atoms with Crippen molar-refractivity contribution in [1.82, 2.24) is 0 Å². The van der Waals surface area contributed by atoms with Crippen molar-refractivity contribution in [1.29, 1.82) is 0 Å². The Bertz CT molecular complexity index is 389. The molecule has 0 aliphatic carbocycles. The Morgan fingerprint density at radius 1 is 1.59 bits per heavy atom. The maximum Gasteiger partial charge on any atom is 0.225 e. The van der Waals surface area contributed by atoms with Crippen LogP contribution in [-0.4, -0.2) is 17.0 Å². The number of nitrogens with one attached hydrogen (secondary N) is 1. The normalized spacial score (nSPS) is 10.3. The molecule has 0 unspecified atom stereocenters. The quantitative estimate of drug-likeness (QED) is 0.362. The molecule has 0 spiro atoms. The largest absolute Gasteiger partial charge is 0.326 e. The van der Waals surface area contributed by atoms with Crippen molar-refractivity contribution in [2.24, 2.45) is 0 Å². The Labute approximate surface area is 108 Å². The molecule has 0 heterocycles. The van der Waals surface area contributed by atoms with Gasteiger partial charge in [-0.3, -0.25) is 4.79 Å². The van der Waals surface area contributed by atoms with Crippen LogP contribution in [0.3, 0.4) is 0 Å². The Morgan fingerprint density at radius 3 is 2.94 bits per heavy atom. The van der Waals surface area contributed by atoms with Gasteiger partial charge >= 0.3 is 0 Å². The van der Waals surface area contributed by atoms with Crippen LogP contribution in [0.5, 0.6) is 0 Å². The van der Waals surface area contributed by atoms with Gasteiger partial charge in [0.1, 0.15) is 0 Å². The van der Waals surface area contributed by atoms with Gasteiger partial charge in [-0.2, -0.15) is 0 Å². The van der Waals surface area contributed by atoms with E-state index in [1.807, 2.05) is 6.92 Å². The van der Waals surface area contributed by atoms with Crippen LogP contribution in [-0.2, 0) is 14.2 Å². The summed E-state index contributed by atoms with van der Waals surface area (Å²) in [6, 6.07) is 5.26. The monoisotopic (exact) mass is 277 g/mol. The fourth-order valence-corrected chi connectivity index (χ4v) is 1.77. The Balaban J connectivity index is 2.64. The van der Waals surface area contributed by atoms with Crippen LogP contribution in [0, 0.1) is 6.92 Å². The molecule has 0 bridgehead atoms. The fourth-order valence-electron chi connectivity index (χ4n) is 1.18. The molecule has 1 amide bonds. The third kappa shape index (κ3) is 4.93. The van der Waals surface area contributed by atoms with Gasteiger partial charge in [0.25, 0.3) is 0 Å². The van der Waals surface area contributed by atoms with Gasteiger partial charge in [-0.1, -0.05) is 5.04 Å². The first kappa shape index (κ1) is 14.3. The zero-order valence-electron chi connectivity index (χ0n) is 9.10. The molecule has 2 N–H and O–H groups in total. The van der Waals surface area contributed by atoms with E-state index in [9.17, 15) is 4.79 Å². The summed E-state index contributed by atoms with van der Waals surface area (Å²) < 4.78 is 4.33. The van der Waals surface area contributed by atoms with Gasteiger partial charge in [-0.15, -0.1) is 15.9 Å². The van der Waals surface area contributed by atoms with Crippen LogP contribution in [0.4, 0.5) is 5.69 Å². The van der Waals surface area contributed by atoms with Crippen molar-refractivity contribution in [3.05, 3.63) is 23.8 Å². The Morgan fingerprint density at radius 2 is 2.35 bits per heavy atom. The molecule has 7 heteroatoms. The number of hydrogen-bond donors (Lipinski definition) is 2. The fraction of sp³-hybridized carbons (Fsp3) is 0.300. The van der Waals surface area contributed by atoms with Crippen molar-refractivity contribution in [3.63, 3.8) is 0 Å². The number of rotatable bonds is 6. The average molecular weight is 278 g/mol. The zero-order valence-corrected chi connectivity index (χ0v) is 10.7. The van der Waals surface area contributed by atoms with Gasteiger partial charge in [0.15, 0.2) is 0 Å². The van der Waals surface area contributed by atoms with E-state index in [-0.39, 0.29) is 12.3 Å². The molecule has 0 atom stereocenters. The lowest BCUT2D eigenvalue weighted by molar-refractivity contribution is -0.432. The second kappa shape index (κ2) is 7.52. The minimum absolute atomic E-state index is 0.130. The number of amides is 1. The summed E-state index contributed by atoms with van der Waals surface area (Å²) in [5, 5.41) is 14.3. The number of alkyl halides is 1. The van der Waals surface area contributed by atoms with Crippen LogP contribution >= 0.6 is 23.6 Å². The Kier molecular flexibility index (Phi) is 6.31. The highest BCUT2D eigenvalue weighted by Crippen LogP contribution is 2.25. The highest BCUT2D eigenvalue weighted by atomic mass is 35.5. The summed E-state index contributed by atoms with van der Waals surface area (Å²) in [6.45, 7) is 1.85. The lowest BCUT2D eigenvalue weighted by Crippen LogP contribution is -2.11. The first-order valence-electron chi connectivity index (χ1n) is 4.78. The van der Waals surface area contributed by atoms with E-state index in [0.717, 1.165) is 22.5 Å². The Hall–Kier alpha value is -0.790. The summed E-state index contributed by atoms with van der Waals surface area (Å²) in [6.07, 6.45) is 0.276. The van der Waals surface area contributed by atoms with E-state index in [4.69, 9.17) is 16.9 Å². The number of anilines is 1. The van der Waals surface area contributed by atoms with Gasteiger partial charge in [-0.05, 0) is 30.7 Å². The number of aryl methyl sites for hydroxylation is 1. The molecule has 0 aromatic heterocycles. The van der Waals surface area contributed by atoms with E-state index < -0.39 is 0 Å². The lowest BCUT2D eigenvalue weighted by Gasteiger charge is -2.07. The first-order valence-corrected chi connectivity index (χ1v) is 6.06. The molecule has 1 rings (SSSR count). The van der Waals surface area contributed by atoms with Crippen molar-refractivity contribution in [3.8, 4) is 0 Å². The van der Waals surface area contributed by atoms with Gasteiger partial charge < -0.3 is 5.32 Å². The number of carbonyl (C=O) groups is 1. The van der Waals surface area contributed by atoms with Crippen molar-refractivity contribution < 1.29 is 19.4 Å². The van der Waals surface area contributed by atoms with Crippen LogP contribution in [0.2, 0.25) is 0 Å². The molecule has 1 aromatic rings. The predicted molar refractivity (Wildman–Crippen MR) is 65.8 cm³/mol. The topological polar surface area (TPSA) is 67.8 Å². The van der Waals surface area contributed by atoms with Gasteiger partial charge in [-0.25, -0.2) is 5.26 Å². The third-order valence-electron chi connectivity index (χ3n) is 1.93. The minimum Gasteiger partial charge on any atom is -0.326 e. The van der Waals surface area contributed by atoms with E-state index in [1.54, 1.807) is 18.2 Å². The summed E-state index contributed by atoms with van der Waals surface area (Å²) in [7, 11) is 0. The number of hydrogen-bond acceptors (Lipinski definition) is 5. The lowest BCUT2D eigenvalue weighted by atomic mass is 10.2. The molecular formula is C10H12ClNO4S. The molecule has 0 aliphatic rings. The number of benzene rings is 1. The molecular weight excluding hydrogens is 266 g/mol. The summed E-state index contributed by atoms with van der Waals surface area (Å²) in [5.41, 5.74) is 1.57. The van der Waals surface area contributed by atoms with Crippen molar-refractivity contribution in [2.45, 2.75) is 18.2 Å². The van der Waals surface area contributed by atoms with Crippen molar-refractivity contribution >= 4 is 35.2 Å². The summed E-state index contributed by atoms with van der Waals surface area (Å²) in [5.74, 6) is 0.162. The highest BCUT2D eigenvalue weighted by Gasteiger charge is 2.05. The van der Waals surface area contributed by atoms with E-state index >= 15 is 0 Å². The van der Waals surface area contributed by atoms with Crippen LogP contribution in [0.1, 0.15) is 12.0 Å². The molecule has 17 heavy (non-hydrogen) atoms. The van der Waals surface area contributed by atoms with Crippen LogP contribution < -0.4 is 5.32 Å². The molecule has 1 aromatic carbocycles. The molecule has 0 saturated heterocycles. The molecule has 5 nitrogen and oxygen atoms in total. The first-order chi connectivity index (χ1) is 8.17. The molecule has 0 fully saturated rings. The minimum atomic E-state index is -0.130. The second-order valence-corrected chi connectivity index (χ2v) is 4.31. The highest BCUT2D eigenvalue weighted by molar-refractivity contribution is 7.94. The summed E-state index contributed by atoms with van der Waals surface area (Å²) in [4.78, 5) is 12.1. The zero-order chi connectivity index (χ0) is 12.7. The molecule has 0 saturated carbocycles. The SMILES string of the molecule is Cc1cc(NC(=O)CCCl)ccc1SOOO. The number of carbonyl (C=O) groups excluding carboxylic acids is 1. The van der Waals surface area contributed by atoms with Gasteiger partial charge in [0.05, 0.1) is 12.0 Å². The molecule has 0 radical (unpaired) electrons. The predicted octanol–water partition coefficient (Wildman–Crippen LogP) is 2.99. The van der Waals surface area contributed by atoms with E-state index in [0.29, 0.717) is 11.6 Å².